The molecule has 0 atom stereocenters. The average molecular weight is 466 g/mol. The molecule has 28 heavy (non-hydrogen) atoms. The smallest absolute Gasteiger partial charge is 0.253 e. The number of rotatable bonds is 7. The van der Waals surface area contributed by atoms with Crippen LogP contribution in [0.25, 0.3) is 0 Å². The van der Waals surface area contributed by atoms with E-state index >= 15 is 0 Å². The Morgan fingerprint density at radius 1 is 1.00 bits per heavy atom. The second kappa shape index (κ2) is 8.05. The van der Waals surface area contributed by atoms with Crippen LogP contribution in [0.1, 0.15) is 6.42 Å². The van der Waals surface area contributed by atoms with Gasteiger partial charge in [0.25, 0.3) is 10.0 Å². The normalized spacial score (nSPS) is 15.1. The standard InChI is InChI=1S/C16H17Cl2N3O5S2/c1-27(22,23)19-14-5-4-12(28(24,25)20-21-7-2-8-21)10-16(14)26-15-6-3-11(17)9-13(15)18/h3-6,9-10,19-20H,2,7-8H2,1H3. The van der Waals surface area contributed by atoms with E-state index in [1.807, 2.05) is 0 Å². The number of nitrogens with one attached hydrogen (secondary N) is 2. The lowest BCUT2D eigenvalue weighted by molar-refractivity contribution is 0.152. The molecular formula is C16H17Cl2N3O5S2. The lowest BCUT2D eigenvalue weighted by atomic mass is 10.3. The van der Waals surface area contributed by atoms with Gasteiger partial charge in [0.05, 0.1) is 21.9 Å². The first-order valence-electron chi connectivity index (χ1n) is 8.06. The topological polar surface area (TPSA) is 105 Å². The van der Waals surface area contributed by atoms with Crippen LogP contribution in [0.2, 0.25) is 10.0 Å². The summed E-state index contributed by atoms with van der Waals surface area (Å²) >= 11 is 12.0. The molecule has 0 saturated carbocycles. The average Bonchev–Trinajstić information content (AvgIpc) is 2.54. The van der Waals surface area contributed by atoms with Gasteiger partial charge in [0.15, 0.2) is 5.75 Å². The number of anilines is 1. The lowest BCUT2D eigenvalue weighted by Gasteiger charge is -2.30. The number of hydrogen-bond acceptors (Lipinski definition) is 6. The van der Waals surface area contributed by atoms with Crippen molar-refractivity contribution in [1.82, 2.24) is 9.84 Å². The van der Waals surface area contributed by atoms with E-state index in [2.05, 4.69) is 9.55 Å². The van der Waals surface area contributed by atoms with Gasteiger partial charge in [-0.1, -0.05) is 23.2 Å². The van der Waals surface area contributed by atoms with Crippen LogP contribution in [-0.4, -0.2) is 41.2 Å². The van der Waals surface area contributed by atoms with Gasteiger partial charge in [-0.05, 0) is 36.8 Å². The molecule has 2 aromatic carbocycles. The van der Waals surface area contributed by atoms with Crippen LogP contribution in [0, 0.1) is 0 Å². The molecule has 0 amide bonds. The minimum absolute atomic E-state index is 0.0267. The second-order valence-corrected chi connectivity index (χ2v) is 10.4. The third-order valence-electron chi connectivity index (χ3n) is 3.78. The summed E-state index contributed by atoms with van der Waals surface area (Å²) in [6, 6.07) is 8.30. The summed E-state index contributed by atoms with van der Waals surface area (Å²) in [5.41, 5.74) is 0.0661. The van der Waals surface area contributed by atoms with E-state index in [1.165, 1.54) is 30.3 Å². The van der Waals surface area contributed by atoms with Crippen molar-refractivity contribution in [2.45, 2.75) is 11.3 Å². The van der Waals surface area contributed by atoms with Crippen LogP contribution in [-0.2, 0) is 20.0 Å². The first-order chi connectivity index (χ1) is 13.0. The van der Waals surface area contributed by atoms with E-state index in [9.17, 15) is 16.8 Å². The summed E-state index contributed by atoms with van der Waals surface area (Å²) in [5.74, 6) is 0.161. The fourth-order valence-corrected chi connectivity index (χ4v) is 4.50. The van der Waals surface area contributed by atoms with Crippen molar-refractivity contribution in [2.24, 2.45) is 0 Å². The quantitative estimate of drug-likeness (QED) is 0.650. The number of halogens is 2. The Labute approximate surface area is 173 Å². The summed E-state index contributed by atoms with van der Waals surface area (Å²) in [5, 5.41) is 2.14. The zero-order chi connectivity index (χ0) is 20.5. The maximum Gasteiger partial charge on any atom is 0.253 e. The van der Waals surface area contributed by atoms with Gasteiger partial charge in [-0.15, -0.1) is 4.83 Å². The Morgan fingerprint density at radius 3 is 2.29 bits per heavy atom. The third kappa shape index (κ3) is 5.28. The van der Waals surface area contributed by atoms with Gasteiger partial charge < -0.3 is 4.74 Å². The Bertz CT molecular complexity index is 1100. The molecule has 8 nitrogen and oxygen atoms in total. The summed E-state index contributed by atoms with van der Waals surface area (Å²) < 4.78 is 56.4. The molecule has 0 radical (unpaired) electrons. The van der Waals surface area contributed by atoms with E-state index in [-0.39, 0.29) is 27.1 Å². The van der Waals surface area contributed by atoms with E-state index in [0.717, 1.165) is 12.7 Å². The second-order valence-electron chi connectivity index (χ2n) is 6.14. The molecule has 0 bridgehead atoms. The van der Waals surface area contributed by atoms with E-state index < -0.39 is 20.0 Å². The Hall–Kier alpha value is -1.56. The van der Waals surface area contributed by atoms with Crippen molar-refractivity contribution in [3.05, 3.63) is 46.4 Å². The molecule has 1 aliphatic heterocycles. The molecule has 0 aromatic heterocycles. The van der Waals surface area contributed by atoms with Crippen molar-refractivity contribution in [2.75, 3.05) is 24.1 Å². The van der Waals surface area contributed by atoms with Crippen molar-refractivity contribution < 1.29 is 21.6 Å². The zero-order valence-corrected chi connectivity index (χ0v) is 17.8. The summed E-state index contributed by atoms with van der Waals surface area (Å²) in [6.45, 7) is 1.24. The van der Waals surface area contributed by atoms with Gasteiger partial charge in [-0.3, -0.25) is 4.72 Å². The lowest BCUT2D eigenvalue weighted by Crippen LogP contribution is -2.49. The molecule has 12 heteroatoms. The molecule has 1 fully saturated rings. The minimum Gasteiger partial charge on any atom is -0.454 e. The third-order valence-corrected chi connectivity index (χ3v) is 6.27. The zero-order valence-electron chi connectivity index (χ0n) is 14.6. The van der Waals surface area contributed by atoms with Gasteiger partial charge in [-0.25, -0.2) is 21.8 Å². The fraction of sp³-hybridized carbons (Fsp3) is 0.250. The molecule has 152 valence electrons. The first-order valence-corrected chi connectivity index (χ1v) is 12.2. The van der Waals surface area contributed by atoms with E-state index in [0.29, 0.717) is 18.1 Å². The van der Waals surface area contributed by atoms with E-state index in [1.54, 1.807) is 11.1 Å². The Kier molecular flexibility index (Phi) is 6.08. The Balaban J connectivity index is 2.00. The van der Waals surface area contributed by atoms with Crippen molar-refractivity contribution in [3.63, 3.8) is 0 Å². The molecule has 0 unspecified atom stereocenters. The molecule has 1 aliphatic rings. The number of hydrazine groups is 1. The van der Waals surface area contributed by atoms with Gasteiger partial charge in [0.1, 0.15) is 5.75 Å². The van der Waals surface area contributed by atoms with Crippen molar-refractivity contribution >= 4 is 48.9 Å². The number of nitrogens with zero attached hydrogens (tertiary/aromatic N) is 1. The molecule has 3 rings (SSSR count). The number of benzene rings is 2. The van der Waals surface area contributed by atoms with Crippen LogP contribution >= 0.6 is 23.2 Å². The van der Waals surface area contributed by atoms with Crippen LogP contribution in [0.3, 0.4) is 0 Å². The van der Waals surface area contributed by atoms with Crippen LogP contribution in [0.15, 0.2) is 41.3 Å². The molecule has 0 aliphatic carbocycles. The first kappa shape index (κ1) is 21.2. The van der Waals surface area contributed by atoms with Gasteiger partial charge in [0, 0.05) is 24.2 Å². The SMILES string of the molecule is CS(=O)(=O)Nc1ccc(S(=O)(=O)NN2CCC2)cc1Oc1ccc(Cl)cc1Cl. The summed E-state index contributed by atoms with van der Waals surface area (Å²) in [6.07, 6.45) is 1.88. The predicted molar refractivity (Wildman–Crippen MR) is 108 cm³/mol. The number of sulfonamides is 2. The van der Waals surface area contributed by atoms with E-state index in [4.69, 9.17) is 27.9 Å². The van der Waals surface area contributed by atoms with Crippen LogP contribution in [0.5, 0.6) is 11.5 Å². The van der Waals surface area contributed by atoms with Crippen molar-refractivity contribution in [1.29, 1.82) is 0 Å². The maximum absolute atomic E-state index is 12.6. The predicted octanol–water partition coefficient (Wildman–Crippen LogP) is 3.06. The minimum atomic E-state index is -3.85. The Morgan fingerprint density at radius 2 is 1.71 bits per heavy atom. The molecular weight excluding hydrogens is 449 g/mol. The van der Waals surface area contributed by atoms with Crippen molar-refractivity contribution in [3.8, 4) is 11.5 Å². The highest BCUT2D eigenvalue weighted by molar-refractivity contribution is 7.92. The highest BCUT2D eigenvalue weighted by Gasteiger charge is 2.24. The fourth-order valence-electron chi connectivity index (χ4n) is 2.34. The van der Waals surface area contributed by atoms with Gasteiger partial charge >= 0.3 is 0 Å². The van der Waals surface area contributed by atoms with Crippen LogP contribution < -0.4 is 14.3 Å². The molecule has 1 saturated heterocycles. The number of ether oxygens (including phenoxy) is 1. The molecule has 2 N–H and O–H groups in total. The van der Waals surface area contributed by atoms with Gasteiger partial charge in [0.2, 0.25) is 10.0 Å². The highest BCUT2D eigenvalue weighted by atomic mass is 35.5. The van der Waals surface area contributed by atoms with Gasteiger partial charge in [-0.2, -0.15) is 0 Å². The molecule has 1 heterocycles. The highest BCUT2D eigenvalue weighted by Crippen LogP contribution is 2.36. The van der Waals surface area contributed by atoms with Crippen LogP contribution in [0.4, 0.5) is 5.69 Å². The summed E-state index contributed by atoms with van der Waals surface area (Å²) in [7, 11) is -7.48. The number of hydrogen-bond donors (Lipinski definition) is 2. The largest absolute Gasteiger partial charge is 0.454 e. The molecule has 0 spiro atoms. The monoisotopic (exact) mass is 465 g/mol. The maximum atomic E-state index is 12.6. The molecule has 2 aromatic rings. The summed E-state index contributed by atoms with van der Waals surface area (Å²) in [4.78, 5) is 2.37.